The molecule has 1 aliphatic rings. The second kappa shape index (κ2) is 10.1. The van der Waals surface area contributed by atoms with Crippen molar-refractivity contribution in [1.82, 2.24) is 15.1 Å². The quantitative estimate of drug-likeness (QED) is 0.589. The molecule has 2 aromatic carbocycles. The molecule has 0 unspecified atom stereocenters. The molecule has 4 rings (SSSR count). The highest BCUT2D eigenvalue weighted by Gasteiger charge is 2.14. The van der Waals surface area contributed by atoms with Crippen LogP contribution in [0.25, 0.3) is 11.3 Å². The molecule has 0 atom stereocenters. The van der Waals surface area contributed by atoms with Crippen LogP contribution in [0.3, 0.4) is 0 Å². The number of nitrogens with zero attached hydrogens (tertiary/aromatic N) is 2. The van der Waals surface area contributed by atoms with E-state index in [1.807, 2.05) is 24.3 Å². The topological polar surface area (TPSA) is 101 Å². The summed E-state index contributed by atoms with van der Waals surface area (Å²) in [6.07, 6.45) is 0.811. The molecule has 3 aromatic rings. The highest BCUT2D eigenvalue weighted by molar-refractivity contribution is 5.75. The smallest absolute Gasteiger partial charge is 0.267 e. The molecule has 1 N–H and O–H groups in total. The van der Waals surface area contributed by atoms with E-state index in [4.69, 9.17) is 18.9 Å². The average molecular weight is 451 g/mol. The molecule has 9 heteroatoms. The van der Waals surface area contributed by atoms with Gasteiger partial charge in [-0.2, -0.15) is 5.10 Å². The molecule has 0 bridgehead atoms. The summed E-state index contributed by atoms with van der Waals surface area (Å²) in [6.45, 7) is 1.25. The number of nitrogens with one attached hydrogen (secondary N) is 1. The van der Waals surface area contributed by atoms with E-state index in [1.165, 1.54) is 6.07 Å². The molecule has 9 nitrogen and oxygen atoms in total. The lowest BCUT2D eigenvalue weighted by Gasteiger charge is -2.12. The maximum Gasteiger partial charge on any atom is 0.267 e. The van der Waals surface area contributed by atoms with Crippen molar-refractivity contribution in [2.45, 2.75) is 19.5 Å². The Morgan fingerprint density at radius 1 is 1.00 bits per heavy atom. The third kappa shape index (κ3) is 5.25. The van der Waals surface area contributed by atoms with Crippen molar-refractivity contribution in [2.75, 3.05) is 27.4 Å². The summed E-state index contributed by atoms with van der Waals surface area (Å²) in [4.78, 5) is 24.8. The van der Waals surface area contributed by atoms with Crippen molar-refractivity contribution < 1.29 is 23.7 Å². The Morgan fingerprint density at radius 3 is 2.58 bits per heavy atom. The average Bonchev–Trinajstić information content (AvgIpc) is 3.09. The van der Waals surface area contributed by atoms with Gasteiger partial charge in [0.1, 0.15) is 6.54 Å². The number of amides is 1. The van der Waals surface area contributed by atoms with Gasteiger partial charge < -0.3 is 24.3 Å². The number of methoxy groups -OCH3 is 2. The zero-order chi connectivity index (χ0) is 23.2. The minimum atomic E-state index is -0.366. The lowest BCUT2D eigenvalue weighted by molar-refractivity contribution is -0.122. The van der Waals surface area contributed by atoms with Crippen molar-refractivity contribution in [1.29, 1.82) is 0 Å². The first kappa shape index (κ1) is 22.2. The number of rotatable bonds is 7. The van der Waals surface area contributed by atoms with E-state index in [0.29, 0.717) is 41.9 Å². The van der Waals surface area contributed by atoms with Crippen LogP contribution in [0.1, 0.15) is 12.0 Å². The van der Waals surface area contributed by atoms with E-state index in [1.54, 1.807) is 32.4 Å². The van der Waals surface area contributed by atoms with Crippen LogP contribution in [0.5, 0.6) is 23.0 Å². The van der Waals surface area contributed by atoms with Crippen LogP contribution in [0.15, 0.2) is 53.3 Å². The molecule has 0 spiro atoms. The van der Waals surface area contributed by atoms with Gasteiger partial charge in [-0.05, 0) is 42.0 Å². The summed E-state index contributed by atoms with van der Waals surface area (Å²) < 4.78 is 23.0. The molecule has 0 saturated carbocycles. The molecular formula is C24H25N3O6. The molecule has 0 saturated heterocycles. The largest absolute Gasteiger partial charge is 0.493 e. The fraction of sp³-hybridized carbons (Fsp3) is 0.292. The van der Waals surface area contributed by atoms with Gasteiger partial charge in [0.2, 0.25) is 5.91 Å². The zero-order valence-electron chi connectivity index (χ0n) is 18.5. The third-order valence-corrected chi connectivity index (χ3v) is 5.14. The molecule has 172 valence electrons. The Balaban J connectivity index is 1.45. The SMILES string of the molecule is COc1ccc(CNC(=O)Cn2nc(-c3ccc4c(c3)OCCCO4)ccc2=O)cc1OC. The van der Waals surface area contributed by atoms with Gasteiger partial charge in [-0.15, -0.1) is 0 Å². The number of carbonyl (C=O) groups excluding carboxylic acids is 1. The molecule has 1 aliphatic heterocycles. The molecule has 0 fully saturated rings. The molecule has 0 aliphatic carbocycles. The number of fused-ring (bicyclic) bond motifs is 1. The van der Waals surface area contributed by atoms with Crippen molar-refractivity contribution in [2.24, 2.45) is 0 Å². The van der Waals surface area contributed by atoms with Gasteiger partial charge in [0.05, 0.1) is 33.1 Å². The van der Waals surface area contributed by atoms with E-state index in [2.05, 4.69) is 10.4 Å². The monoisotopic (exact) mass is 451 g/mol. The van der Waals surface area contributed by atoms with Gasteiger partial charge >= 0.3 is 0 Å². The predicted molar refractivity (Wildman–Crippen MR) is 121 cm³/mol. The van der Waals surface area contributed by atoms with Crippen LogP contribution in [0.4, 0.5) is 0 Å². The van der Waals surface area contributed by atoms with Crippen LogP contribution in [0, 0.1) is 0 Å². The summed E-state index contributed by atoms with van der Waals surface area (Å²) in [5.41, 5.74) is 1.79. The van der Waals surface area contributed by atoms with Crippen molar-refractivity contribution in [3.63, 3.8) is 0 Å². The van der Waals surface area contributed by atoms with Gasteiger partial charge in [-0.3, -0.25) is 9.59 Å². The first-order chi connectivity index (χ1) is 16.1. The summed E-state index contributed by atoms with van der Waals surface area (Å²) >= 11 is 0. The first-order valence-electron chi connectivity index (χ1n) is 10.5. The van der Waals surface area contributed by atoms with Crippen LogP contribution in [-0.4, -0.2) is 43.1 Å². The Kier molecular flexibility index (Phi) is 6.77. The maximum absolute atomic E-state index is 12.5. The predicted octanol–water partition coefficient (Wildman–Crippen LogP) is 2.41. The Bertz CT molecular complexity index is 1210. The minimum absolute atomic E-state index is 0.204. The van der Waals surface area contributed by atoms with Crippen LogP contribution in [0.2, 0.25) is 0 Å². The number of carbonyl (C=O) groups is 1. The zero-order valence-corrected chi connectivity index (χ0v) is 18.5. The summed E-state index contributed by atoms with van der Waals surface area (Å²) in [5.74, 6) is 2.16. The van der Waals surface area contributed by atoms with Crippen LogP contribution >= 0.6 is 0 Å². The summed E-state index contributed by atoms with van der Waals surface area (Å²) in [7, 11) is 3.11. The molecular weight excluding hydrogens is 426 g/mol. The highest BCUT2D eigenvalue weighted by Crippen LogP contribution is 2.33. The number of aromatic nitrogens is 2. The Morgan fingerprint density at radius 2 is 1.79 bits per heavy atom. The van der Waals surface area contributed by atoms with Gasteiger partial charge in [0.15, 0.2) is 23.0 Å². The second-order valence-corrected chi connectivity index (χ2v) is 7.39. The van der Waals surface area contributed by atoms with E-state index in [-0.39, 0.29) is 24.6 Å². The normalized spacial score (nSPS) is 12.5. The summed E-state index contributed by atoms with van der Waals surface area (Å²) in [5, 5.41) is 7.17. The van der Waals surface area contributed by atoms with E-state index < -0.39 is 0 Å². The van der Waals surface area contributed by atoms with Gasteiger partial charge in [-0.1, -0.05) is 6.07 Å². The van der Waals surface area contributed by atoms with E-state index in [9.17, 15) is 9.59 Å². The molecule has 2 heterocycles. The highest BCUT2D eigenvalue weighted by atomic mass is 16.5. The Labute approximate surface area is 190 Å². The van der Waals surface area contributed by atoms with Crippen molar-refractivity contribution >= 4 is 5.91 Å². The molecule has 33 heavy (non-hydrogen) atoms. The number of hydrogen-bond donors (Lipinski definition) is 1. The third-order valence-electron chi connectivity index (χ3n) is 5.14. The lowest BCUT2D eigenvalue weighted by Crippen LogP contribution is -2.33. The van der Waals surface area contributed by atoms with Crippen LogP contribution < -0.4 is 29.8 Å². The minimum Gasteiger partial charge on any atom is -0.493 e. The lowest BCUT2D eigenvalue weighted by atomic mass is 10.1. The fourth-order valence-corrected chi connectivity index (χ4v) is 3.42. The standard InChI is InChI=1S/C24H25N3O6/c1-30-19-7-4-16(12-21(19)31-2)14-25-23(28)15-27-24(29)9-6-18(26-27)17-5-8-20-22(13-17)33-11-3-10-32-20/h4-9,12-13H,3,10-11,14-15H2,1-2H3,(H,25,28). The van der Waals surface area contributed by atoms with E-state index >= 15 is 0 Å². The maximum atomic E-state index is 12.5. The number of ether oxygens (including phenoxy) is 4. The summed E-state index contributed by atoms with van der Waals surface area (Å²) in [6, 6.07) is 13.9. The first-order valence-corrected chi connectivity index (χ1v) is 10.5. The van der Waals surface area contributed by atoms with Gasteiger partial charge in [0, 0.05) is 24.6 Å². The molecule has 1 amide bonds. The molecule has 1 aromatic heterocycles. The van der Waals surface area contributed by atoms with E-state index in [0.717, 1.165) is 22.2 Å². The number of benzene rings is 2. The second-order valence-electron chi connectivity index (χ2n) is 7.39. The van der Waals surface area contributed by atoms with Crippen LogP contribution in [-0.2, 0) is 17.9 Å². The fourth-order valence-electron chi connectivity index (χ4n) is 3.42. The number of hydrogen-bond acceptors (Lipinski definition) is 7. The van der Waals surface area contributed by atoms with Gasteiger partial charge in [-0.25, -0.2) is 4.68 Å². The van der Waals surface area contributed by atoms with Gasteiger partial charge in [0.25, 0.3) is 5.56 Å². The van der Waals surface area contributed by atoms with Crippen molar-refractivity contribution in [3.05, 3.63) is 64.4 Å². The molecule has 0 radical (unpaired) electrons. The Hall–Kier alpha value is -4.01. The van der Waals surface area contributed by atoms with Crippen molar-refractivity contribution in [3.8, 4) is 34.3 Å².